The van der Waals surface area contributed by atoms with Crippen molar-refractivity contribution >= 4 is 6.29 Å². The standard InChI is InChI=1S/C18H32NO4/c1-2-3-11-14-17(19(22)23)18(21)15-12-9-7-5-4-6-8-10-13-16-20/h9,12,17-18,21H,2-8,10-11,13-15H2,1H3/b12-9-. The average Bonchev–Trinajstić information content (AvgIpc) is 2.52. The zero-order valence-corrected chi connectivity index (χ0v) is 14.4. The van der Waals surface area contributed by atoms with E-state index in [0.717, 1.165) is 57.8 Å². The van der Waals surface area contributed by atoms with Crippen molar-refractivity contribution in [1.82, 2.24) is 0 Å². The van der Waals surface area contributed by atoms with E-state index in [4.69, 9.17) is 0 Å². The minimum atomic E-state index is -0.891. The Balaban J connectivity index is 3.76. The molecule has 1 N–H and O–H groups in total. The molecule has 0 aliphatic heterocycles. The molecule has 5 nitrogen and oxygen atoms in total. The van der Waals surface area contributed by atoms with Crippen molar-refractivity contribution in [1.29, 1.82) is 0 Å². The predicted octanol–water partition coefficient (Wildman–Crippen LogP) is 4.36. The fraction of sp³-hybridized carbons (Fsp3) is 0.833. The monoisotopic (exact) mass is 326 g/mol. The molecule has 0 spiro atoms. The summed E-state index contributed by atoms with van der Waals surface area (Å²) >= 11 is 0. The van der Waals surface area contributed by atoms with Gasteiger partial charge in [0.25, 0.3) is 0 Å². The van der Waals surface area contributed by atoms with Crippen LogP contribution in [0.2, 0.25) is 0 Å². The van der Waals surface area contributed by atoms with Gasteiger partial charge in [0.1, 0.15) is 6.10 Å². The topological polar surface area (TPSA) is 80.4 Å². The van der Waals surface area contributed by atoms with Crippen molar-refractivity contribution < 1.29 is 14.8 Å². The largest absolute Gasteiger partial charge is 0.386 e. The Kier molecular flexibility index (Phi) is 14.8. The molecule has 0 aliphatic rings. The molecule has 0 aliphatic carbocycles. The summed E-state index contributed by atoms with van der Waals surface area (Å²) in [5, 5.41) is 21.0. The molecule has 0 rings (SSSR count). The van der Waals surface area contributed by atoms with Crippen molar-refractivity contribution in [3.8, 4) is 0 Å². The lowest BCUT2D eigenvalue weighted by Crippen LogP contribution is -2.33. The summed E-state index contributed by atoms with van der Waals surface area (Å²) in [6.45, 7) is 2.06. The molecule has 0 heterocycles. The minimum Gasteiger partial charge on any atom is -0.386 e. The Morgan fingerprint density at radius 2 is 1.78 bits per heavy atom. The van der Waals surface area contributed by atoms with Crippen LogP contribution in [-0.4, -0.2) is 28.5 Å². The number of aliphatic hydroxyl groups excluding tert-OH is 1. The van der Waals surface area contributed by atoms with Gasteiger partial charge in [-0.1, -0.05) is 51.2 Å². The molecular formula is C18H32NO4. The molecule has 5 heteroatoms. The van der Waals surface area contributed by atoms with Crippen molar-refractivity contribution in [2.24, 2.45) is 0 Å². The van der Waals surface area contributed by atoms with Gasteiger partial charge in [0.15, 0.2) is 6.29 Å². The molecule has 23 heavy (non-hydrogen) atoms. The first-order valence-corrected chi connectivity index (χ1v) is 8.95. The molecule has 1 radical (unpaired) electrons. The molecule has 0 saturated heterocycles. The number of nitro groups is 1. The maximum atomic E-state index is 11.0. The lowest BCUT2D eigenvalue weighted by molar-refractivity contribution is -0.535. The number of hydrogen-bond donors (Lipinski definition) is 1. The number of allylic oxidation sites excluding steroid dienone is 1. The number of rotatable bonds is 16. The van der Waals surface area contributed by atoms with E-state index >= 15 is 0 Å². The summed E-state index contributed by atoms with van der Waals surface area (Å²) in [6, 6.07) is -0.846. The molecule has 0 aromatic rings. The van der Waals surface area contributed by atoms with Crippen LogP contribution < -0.4 is 0 Å². The molecule has 0 bridgehead atoms. The summed E-state index contributed by atoms with van der Waals surface area (Å²) in [6.07, 6.45) is 15.3. The first-order chi connectivity index (χ1) is 11.1. The molecule has 0 fully saturated rings. The Hall–Kier alpha value is -1.23. The molecule has 2 atom stereocenters. The third-order valence-electron chi connectivity index (χ3n) is 4.01. The number of carbonyl (C=O) groups excluding carboxylic acids is 1. The van der Waals surface area contributed by atoms with E-state index in [1.54, 1.807) is 0 Å². The predicted molar refractivity (Wildman–Crippen MR) is 92.7 cm³/mol. The van der Waals surface area contributed by atoms with Crippen LogP contribution in [0.25, 0.3) is 0 Å². The second-order valence-electron chi connectivity index (χ2n) is 6.07. The molecule has 0 saturated carbocycles. The Labute approximate surface area is 140 Å². The normalized spacial score (nSPS) is 14.0. The van der Waals surface area contributed by atoms with Gasteiger partial charge in [-0.15, -0.1) is 0 Å². The van der Waals surface area contributed by atoms with Gasteiger partial charge in [0.2, 0.25) is 6.04 Å². The number of aliphatic hydroxyl groups is 1. The van der Waals surface area contributed by atoms with Crippen LogP contribution in [0.4, 0.5) is 0 Å². The highest BCUT2D eigenvalue weighted by Gasteiger charge is 2.27. The molecule has 2 unspecified atom stereocenters. The Morgan fingerprint density at radius 3 is 2.43 bits per heavy atom. The molecule has 0 amide bonds. The van der Waals surface area contributed by atoms with E-state index < -0.39 is 12.1 Å². The summed E-state index contributed by atoms with van der Waals surface area (Å²) in [7, 11) is 0. The van der Waals surface area contributed by atoms with Gasteiger partial charge in [-0.2, -0.15) is 0 Å². The van der Waals surface area contributed by atoms with Crippen LogP contribution >= 0.6 is 0 Å². The maximum Gasteiger partial charge on any atom is 0.238 e. The van der Waals surface area contributed by atoms with Gasteiger partial charge in [0, 0.05) is 17.8 Å². The van der Waals surface area contributed by atoms with Crippen LogP contribution in [0.15, 0.2) is 12.2 Å². The van der Waals surface area contributed by atoms with E-state index in [1.165, 1.54) is 0 Å². The van der Waals surface area contributed by atoms with E-state index in [0.29, 0.717) is 19.3 Å². The van der Waals surface area contributed by atoms with Crippen LogP contribution in [0, 0.1) is 10.1 Å². The summed E-state index contributed by atoms with van der Waals surface area (Å²) in [5.41, 5.74) is 0. The quantitative estimate of drug-likeness (QED) is 0.198. The zero-order chi connectivity index (χ0) is 17.3. The second kappa shape index (κ2) is 15.7. The maximum absolute atomic E-state index is 11.0. The third-order valence-corrected chi connectivity index (χ3v) is 4.01. The summed E-state index contributed by atoms with van der Waals surface area (Å²) in [5.74, 6) is 0. The Morgan fingerprint density at radius 1 is 1.09 bits per heavy atom. The molecule has 0 aromatic heterocycles. The van der Waals surface area contributed by atoms with Crippen LogP contribution in [-0.2, 0) is 4.79 Å². The Bertz CT molecular complexity index is 331. The van der Waals surface area contributed by atoms with E-state index in [-0.39, 0.29) is 4.92 Å². The van der Waals surface area contributed by atoms with Crippen molar-refractivity contribution in [3.05, 3.63) is 22.3 Å². The second-order valence-corrected chi connectivity index (χ2v) is 6.07. The van der Waals surface area contributed by atoms with Gasteiger partial charge in [-0.05, 0) is 32.1 Å². The van der Waals surface area contributed by atoms with Gasteiger partial charge in [-0.3, -0.25) is 14.9 Å². The highest BCUT2D eigenvalue weighted by Crippen LogP contribution is 2.13. The first-order valence-electron chi connectivity index (χ1n) is 8.95. The summed E-state index contributed by atoms with van der Waals surface area (Å²) < 4.78 is 0. The van der Waals surface area contributed by atoms with Crippen molar-refractivity contribution in [3.63, 3.8) is 0 Å². The lowest BCUT2D eigenvalue weighted by atomic mass is 10.0. The first kappa shape index (κ1) is 21.8. The fourth-order valence-electron chi connectivity index (χ4n) is 2.54. The number of nitrogens with zero attached hydrogens (tertiary/aromatic N) is 1. The fourth-order valence-corrected chi connectivity index (χ4v) is 2.54. The zero-order valence-electron chi connectivity index (χ0n) is 14.4. The van der Waals surface area contributed by atoms with E-state index in [9.17, 15) is 20.0 Å². The van der Waals surface area contributed by atoms with Gasteiger partial charge in [-0.25, -0.2) is 0 Å². The minimum absolute atomic E-state index is 0.342. The smallest absolute Gasteiger partial charge is 0.238 e. The van der Waals surface area contributed by atoms with Crippen molar-refractivity contribution in [2.45, 2.75) is 96.1 Å². The molecular weight excluding hydrogens is 294 g/mol. The van der Waals surface area contributed by atoms with Crippen molar-refractivity contribution in [2.75, 3.05) is 0 Å². The average molecular weight is 326 g/mol. The highest BCUT2D eigenvalue weighted by molar-refractivity contribution is 5.50. The van der Waals surface area contributed by atoms with Crippen LogP contribution in [0.3, 0.4) is 0 Å². The van der Waals surface area contributed by atoms with Crippen LogP contribution in [0.1, 0.15) is 84.0 Å². The number of hydrogen-bond acceptors (Lipinski definition) is 4. The third kappa shape index (κ3) is 13.0. The van der Waals surface area contributed by atoms with Gasteiger partial charge < -0.3 is 5.11 Å². The van der Waals surface area contributed by atoms with Gasteiger partial charge >= 0.3 is 0 Å². The molecule has 0 aromatic carbocycles. The highest BCUT2D eigenvalue weighted by atomic mass is 16.6. The van der Waals surface area contributed by atoms with Crippen LogP contribution in [0.5, 0.6) is 0 Å². The number of unbranched alkanes of at least 4 members (excludes halogenated alkanes) is 8. The van der Waals surface area contributed by atoms with E-state index in [2.05, 4.69) is 6.92 Å². The van der Waals surface area contributed by atoms with Gasteiger partial charge in [0.05, 0.1) is 0 Å². The molecule has 133 valence electrons. The summed E-state index contributed by atoms with van der Waals surface area (Å²) in [4.78, 5) is 20.7. The lowest BCUT2D eigenvalue weighted by Gasteiger charge is -2.14. The SMILES string of the molecule is CCCCCC(C(O)C/C=C\CCCCCCC[C]=O)[N+](=O)[O-]. The van der Waals surface area contributed by atoms with E-state index in [1.807, 2.05) is 18.4 Å².